The minimum Gasteiger partial charge on any atom is -0.444 e. The fraction of sp³-hybridized carbons (Fsp3) is 0.571. The summed E-state index contributed by atoms with van der Waals surface area (Å²) >= 11 is 0. The van der Waals surface area contributed by atoms with Gasteiger partial charge in [0.1, 0.15) is 5.60 Å². The van der Waals surface area contributed by atoms with Gasteiger partial charge in [-0.1, -0.05) is 6.08 Å². The van der Waals surface area contributed by atoms with E-state index in [1.54, 1.807) is 11.2 Å². The zero-order chi connectivity index (χ0) is 14.0. The van der Waals surface area contributed by atoms with Crippen molar-refractivity contribution >= 4 is 11.7 Å². The predicted octanol–water partition coefficient (Wildman–Crippen LogP) is 2.44. The van der Waals surface area contributed by atoms with Crippen molar-refractivity contribution in [2.75, 3.05) is 13.1 Å². The van der Waals surface area contributed by atoms with Crippen molar-refractivity contribution in [1.82, 2.24) is 14.5 Å². The molecule has 0 fully saturated rings. The van der Waals surface area contributed by atoms with Crippen LogP contribution in [0.25, 0.3) is 5.57 Å². The lowest BCUT2D eigenvalue weighted by Gasteiger charge is -2.29. The Balaban J connectivity index is 1.98. The Morgan fingerprint density at radius 2 is 2.16 bits per heavy atom. The topological polar surface area (TPSA) is 47.4 Å². The van der Waals surface area contributed by atoms with Gasteiger partial charge in [0.2, 0.25) is 0 Å². The van der Waals surface area contributed by atoms with Crippen LogP contribution in [0.3, 0.4) is 0 Å². The third-order valence-electron chi connectivity index (χ3n) is 2.89. The number of rotatable bonds is 1. The highest BCUT2D eigenvalue weighted by Gasteiger charge is 2.24. The minimum absolute atomic E-state index is 0.246. The molecule has 1 aromatic rings. The van der Waals surface area contributed by atoms with E-state index in [0.717, 1.165) is 12.1 Å². The summed E-state index contributed by atoms with van der Waals surface area (Å²) < 4.78 is 7.29. The maximum Gasteiger partial charge on any atom is 0.410 e. The molecule has 2 rings (SSSR count). The summed E-state index contributed by atoms with van der Waals surface area (Å²) in [4.78, 5) is 18.0. The highest BCUT2D eigenvalue weighted by Crippen LogP contribution is 2.21. The summed E-state index contributed by atoms with van der Waals surface area (Å²) in [5.41, 5.74) is 1.74. The minimum atomic E-state index is -0.442. The monoisotopic (exact) mass is 263 g/mol. The van der Waals surface area contributed by atoms with E-state index in [1.165, 1.54) is 5.57 Å². The van der Waals surface area contributed by atoms with Crippen LogP contribution >= 0.6 is 0 Å². The van der Waals surface area contributed by atoms with E-state index in [9.17, 15) is 4.79 Å². The van der Waals surface area contributed by atoms with Gasteiger partial charge in [-0.05, 0) is 32.8 Å². The largest absolute Gasteiger partial charge is 0.444 e. The summed E-state index contributed by atoms with van der Waals surface area (Å²) in [7, 11) is 1.95. The maximum absolute atomic E-state index is 11.9. The second kappa shape index (κ2) is 5.07. The first kappa shape index (κ1) is 13.6. The van der Waals surface area contributed by atoms with Crippen molar-refractivity contribution in [1.29, 1.82) is 0 Å². The van der Waals surface area contributed by atoms with Gasteiger partial charge in [-0.15, -0.1) is 0 Å². The summed E-state index contributed by atoms with van der Waals surface area (Å²) in [6.07, 6.45) is 6.40. The lowest BCUT2D eigenvalue weighted by molar-refractivity contribution is 0.0270. The zero-order valence-corrected chi connectivity index (χ0v) is 12.0. The van der Waals surface area contributed by atoms with Crippen LogP contribution in [0.2, 0.25) is 0 Å². The van der Waals surface area contributed by atoms with Crippen LogP contribution in [-0.4, -0.2) is 39.2 Å². The lowest BCUT2D eigenvalue weighted by Crippen LogP contribution is -2.39. The SMILES string of the molecule is Cn1cnc(C2=CCN(C(=O)OC(C)(C)C)CC2)c1. The number of carbonyl (C=O) groups is 1. The fourth-order valence-corrected chi connectivity index (χ4v) is 1.97. The molecule has 0 saturated heterocycles. The van der Waals surface area contributed by atoms with Crippen molar-refractivity contribution in [3.05, 3.63) is 24.3 Å². The van der Waals surface area contributed by atoms with Crippen molar-refractivity contribution in [3.8, 4) is 0 Å². The summed E-state index contributed by atoms with van der Waals surface area (Å²) in [5, 5.41) is 0. The Hall–Kier alpha value is -1.78. The number of aromatic nitrogens is 2. The number of imidazole rings is 1. The van der Waals surface area contributed by atoms with E-state index in [0.29, 0.717) is 13.1 Å². The van der Waals surface area contributed by atoms with Crippen LogP contribution in [0.15, 0.2) is 18.6 Å². The molecule has 0 unspecified atom stereocenters. The van der Waals surface area contributed by atoms with Crippen LogP contribution in [0.5, 0.6) is 0 Å². The zero-order valence-electron chi connectivity index (χ0n) is 12.0. The molecule has 1 aromatic heterocycles. The quantitative estimate of drug-likeness (QED) is 0.782. The van der Waals surface area contributed by atoms with E-state index in [2.05, 4.69) is 11.1 Å². The number of ether oxygens (including phenoxy) is 1. The highest BCUT2D eigenvalue weighted by atomic mass is 16.6. The van der Waals surface area contributed by atoms with Gasteiger partial charge in [-0.3, -0.25) is 0 Å². The molecule has 1 amide bonds. The van der Waals surface area contributed by atoms with Gasteiger partial charge in [-0.25, -0.2) is 9.78 Å². The van der Waals surface area contributed by atoms with Crippen LogP contribution < -0.4 is 0 Å². The Morgan fingerprint density at radius 3 is 2.63 bits per heavy atom. The average molecular weight is 263 g/mol. The lowest BCUT2D eigenvalue weighted by atomic mass is 10.1. The first-order valence-corrected chi connectivity index (χ1v) is 6.50. The third kappa shape index (κ3) is 3.59. The number of nitrogens with zero attached hydrogens (tertiary/aromatic N) is 3. The number of aryl methyl sites for hydroxylation is 1. The van der Waals surface area contributed by atoms with Gasteiger partial charge >= 0.3 is 6.09 Å². The molecule has 0 aromatic carbocycles. The van der Waals surface area contributed by atoms with Crippen LogP contribution in [0.1, 0.15) is 32.9 Å². The molecule has 2 heterocycles. The molecule has 5 nitrogen and oxygen atoms in total. The van der Waals surface area contributed by atoms with Gasteiger partial charge in [0.15, 0.2) is 0 Å². The second-order valence-corrected chi connectivity index (χ2v) is 5.83. The Labute approximate surface area is 113 Å². The molecule has 0 saturated carbocycles. The first-order valence-electron chi connectivity index (χ1n) is 6.50. The van der Waals surface area contributed by atoms with E-state index < -0.39 is 5.60 Å². The molecule has 1 aliphatic heterocycles. The molecule has 0 spiro atoms. The second-order valence-electron chi connectivity index (χ2n) is 5.83. The molecule has 104 valence electrons. The van der Waals surface area contributed by atoms with Crippen LogP contribution in [-0.2, 0) is 11.8 Å². The normalized spacial score (nSPS) is 16.2. The molecule has 0 atom stereocenters. The average Bonchev–Trinajstić information content (AvgIpc) is 2.74. The molecule has 1 aliphatic rings. The van der Waals surface area contributed by atoms with Crippen LogP contribution in [0.4, 0.5) is 4.79 Å². The number of hydrogen-bond acceptors (Lipinski definition) is 3. The van der Waals surface area contributed by atoms with Crippen molar-refractivity contribution in [2.24, 2.45) is 7.05 Å². The highest BCUT2D eigenvalue weighted by molar-refractivity contribution is 5.71. The van der Waals surface area contributed by atoms with E-state index >= 15 is 0 Å². The number of hydrogen-bond donors (Lipinski definition) is 0. The van der Waals surface area contributed by atoms with Gasteiger partial charge < -0.3 is 14.2 Å². The van der Waals surface area contributed by atoms with Gasteiger partial charge in [0.25, 0.3) is 0 Å². The fourth-order valence-electron chi connectivity index (χ4n) is 1.97. The first-order chi connectivity index (χ1) is 8.85. The molecule has 0 radical (unpaired) electrons. The van der Waals surface area contributed by atoms with Gasteiger partial charge in [0, 0.05) is 26.3 Å². The standard InChI is InChI=1S/C14H21N3O2/c1-14(2,3)19-13(18)17-7-5-11(6-8-17)12-9-16(4)10-15-12/h5,9-10H,6-8H2,1-4H3. The Kier molecular flexibility index (Phi) is 3.64. The predicted molar refractivity (Wildman–Crippen MR) is 73.6 cm³/mol. The molecule has 19 heavy (non-hydrogen) atoms. The van der Waals surface area contributed by atoms with Crippen molar-refractivity contribution < 1.29 is 9.53 Å². The summed E-state index contributed by atoms with van der Waals surface area (Å²) in [6, 6.07) is 0. The summed E-state index contributed by atoms with van der Waals surface area (Å²) in [6.45, 7) is 6.90. The van der Waals surface area contributed by atoms with E-state index in [-0.39, 0.29) is 6.09 Å². The molecule has 0 aliphatic carbocycles. The number of carbonyl (C=O) groups excluding carboxylic acids is 1. The Morgan fingerprint density at radius 1 is 1.42 bits per heavy atom. The molecular formula is C14H21N3O2. The molecular weight excluding hydrogens is 242 g/mol. The third-order valence-corrected chi connectivity index (χ3v) is 2.89. The molecule has 5 heteroatoms. The van der Waals surface area contributed by atoms with Gasteiger partial charge in [0.05, 0.1) is 12.0 Å². The van der Waals surface area contributed by atoms with Crippen molar-refractivity contribution in [3.63, 3.8) is 0 Å². The maximum atomic E-state index is 11.9. The van der Waals surface area contributed by atoms with Gasteiger partial charge in [-0.2, -0.15) is 0 Å². The molecule has 0 bridgehead atoms. The van der Waals surface area contributed by atoms with E-state index in [1.807, 2.05) is 38.6 Å². The smallest absolute Gasteiger partial charge is 0.410 e. The molecule has 0 N–H and O–H groups in total. The summed E-state index contributed by atoms with van der Waals surface area (Å²) in [5.74, 6) is 0. The van der Waals surface area contributed by atoms with Crippen LogP contribution in [0, 0.1) is 0 Å². The Bertz CT molecular complexity index is 497. The van der Waals surface area contributed by atoms with E-state index in [4.69, 9.17) is 4.74 Å². The van der Waals surface area contributed by atoms with Crippen molar-refractivity contribution in [2.45, 2.75) is 32.8 Å². The number of amides is 1.